The van der Waals surface area contributed by atoms with Crippen LogP contribution in [0.4, 0.5) is 5.69 Å². The zero-order valence-corrected chi connectivity index (χ0v) is 22.8. The molecular formula is C28H29Cl2N5O3. The van der Waals surface area contributed by atoms with E-state index in [1.807, 2.05) is 38.1 Å². The number of aromatic amines is 1. The largest absolute Gasteiger partial charge is 0.373 e. The fraction of sp³-hybridized carbons (Fsp3) is 0.393. The summed E-state index contributed by atoms with van der Waals surface area (Å²) < 4.78 is 0. The van der Waals surface area contributed by atoms with Gasteiger partial charge in [-0.2, -0.15) is 5.26 Å². The number of para-hydroxylation sites is 1. The molecule has 2 aliphatic rings. The number of nitrogens with zero attached hydrogens (tertiary/aromatic N) is 3. The summed E-state index contributed by atoms with van der Waals surface area (Å²) in [5.74, 6) is -0.364. The quantitative estimate of drug-likeness (QED) is 0.378. The molecule has 0 bridgehead atoms. The maximum Gasteiger partial charge on any atom is 0.241 e. The number of H-pyrrole nitrogens is 1. The van der Waals surface area contributed by atoms with Crippen LogP contribution >= 0.6 is 23.2 Å². The smallest absolute Gasteiger partial charge is 0.241 e. The number of aromatic nitrogens is 1. The number of aliphatic hydroxyl groups excluding tert-OH is 1. The van der Waals surface area contributed by atoms with Gasteiger partial charge in [0.15, 0.2) is 0 Å². The number of halogens is 2. The minimum absolute atomic E-state index is 0.103. The van der Waals surface area contributed by atoms with E-state index in [2.05, 4.69) is 16.4 Å². The maximum atomic E-state index is 14.1. The van der Waals surface area contributed by atoms with Crippen molar-refractivity contribution in [1.29, 1.82) is 5.26 Å². The van der Waals surface area contributed by atoms with Gasteiger partial charge in [0.25, 0.3) is 0 Å². The molecule has 198 valence electrons. The van der Waals surface area contributed by atoms with Crippen LogP contribution in [0.25, 0.3) is 10.9 Å². The summed E-state index contributed by atoms with van der Waals surface area (Å²) in [6.07, 6.45) is -0.485. The lowest BCUT2D eigenvalue weighted by molar-refractivity contribution is -0.142. The van der Waals surface area contributed by atoms with Gasteiger partial charge in [-0.15, -0.1) is 0 Å². The summed E-state index contributed by atoms with van der Waals surface area (Å²) in [6.45, 7) is 4.10. The Morgan fingerprint density at radius 1 is 1.29 bits per heavy atom. The van der Waals surface area contributed by atoms with Crippen LogP contribution in [-0.2, 0) is 15.0 Å². The van der Waals surface area contributed by atoms with E-state index in [0.717, 1.165) is 10.9 Å². The molecule has 10 heteroatoms. The maximum absolute atomic E-state index is 14.1. The summed E-state index contributed by atoms with van der Waals surface area (Å²) in [7, 11) is 1.68. The third-order valence-corrected chi connectivity index (χ3v) is 8.56. The third kappa shape index (κ3) is 4.24. The average Bonchev–Trinajstić information content (AvgIpc) is 3.58. The van der Waals surface area contributed by atoms with Gasteiger partial charge in [0.2, 0.25) is 11.8 Å². The molecule has 1 fully saturated rings. The molecule has 1 unspecified atom stereocenters. The number of aliphatic hydroxyl groups is 1. The third-order valence-electron chi connectivity index (χ3n) is 7.76. The highest BCUT2D eigenvalue weighted by Gasteiger charge is 2.56. The van der Waals surface area contributed by atoms with Gasteiger partial charge in [-0.1, -0.05) is 61.3 Å². The summed E-state index contributed by atoms with van der Waals surface area (Å²) >= 11 is 12.5. The Morgan fingerprint density at radius 3 is 2.74 bits per heavy atom. The van der Waals surface area contributed by atoms with Gasteiger partial charge in [-0.25, -0.2) is 0 Å². The van der Waals surface area contributed by atoms with Crippen molar-refractivity contribution < 1.29 is 14.7 Å². The number of rotatable bonds is 6. The lowest BCUT2D eigenvalue weighted by atomic mass is 9.80. The predicted molar refractivity (Wildman–Crippen MR) is 147 cm³/mol. The molecule has 1 saturated heterocycles. The van der Waals surface area contributed by atoms with Gasteiger partial charge in [0.1, 0.15) is 12.3 Å². The Morgan fingerprint density at radius 2 is 2.03 bits per heavy atom. The molecule has 5 rings (SSSR count). The number of hydrogen-bond donors (Lipinski definition) is 3. The Labute approximate surface area is 231 Å². The number of carbonyl (C=O) groups excluding carboxylic acids is 2. The second kappa shape index (κ2) is 9.90. The summed E-state index contributed by atoms with van der Waals surface area (Å²) in [5, 5.41) is 25.8. The Kier molecular flexibility index (Phi) is 6.91. The number of likely N-dealkylation sites (tertiary alicyclic amines) is 1. The number of amides is 2. The van der Waals surface area contributed by atoms with Crippen LogP contribution in [0.5, 0.6) is 0 Å². The highest BCUT2D eigenvalue weighted by Crippen LogP contribution is 2.46. The van der Waals surface area contributed by atoms with E-state index >= 15 is 0 Å². The van der Waals surface area contributed by atoms with Crippen molar-refractivity contribution in [3.05, 3.63) is 63.8 Å². The van der Waals surface area contributed by atoms with Gasteiger partial charge in [0, 0.05) is 24.0 Å². The standard InChI is InChI=1S/C28H29Cl2N5O3/c1-15(2)10-22(34(3)25(36)21-11-16-8-9-19(29)23(30)24(16)32-21)26(37)35-14-28(12-17(35)13-31)18-6-4-5-7-20(18)33-27(28)38/h4-9,11,15,17,22,25,32,36H,10,12,14H2,1-3H3,(H,33,38)/t17-,22-,25?,28-/m0/s1. The first kappa shape index (κ1) is 26.5. The number of anilines is 1. The van der Waals surface area contributed by atoms with Crippen LogP contribution in [0, 0.1) is 17.2 Å². The van der Waals surface area contributed by atoms with E-state index in [4.69, 9.17) is 23.2 Å². The van der Waals surface area contributed by atoms with E-state index < -0.39 is 23.7 Å². The number of benzene rings is 2. The van der Waals surface area contributed by atoms with Gasteiger partial charge < -0.3 is 20.3 Å². The second-order valence-electron chi connectivity index (χ2n) is 10.6. The average molecular weight is 554 g/mol. The fourth-order valence-electron chi connectivity index (χ4n) is 5.75. The van der Waals surface area contributed by atoms with Crippen LogP contribution in [0.15, 0.2) is 42.5 Å². The Bertz CT molecular complexity index is 1460. The molecule has 3 heterocycles. The topological polar surface area (TPSA) is 112 Å². The Balaban J connectivity index is 1.46. The monoisotopic (exact) mass is 553 g/mol. The highest BCUT2D eigenvalue weighted by molar-refractivity contribution is 6.45. The molecule has 3 aromatic rings. The lowest BCUT2D eigenvalue weighted by Crippen LogP contribution is -2.51. The molecule has 2 aliphatic heterocycles. The van der Waals surface area contributed by atoms with E-state index in [1.54, 1.807) is 30.1 Å². The normalized spacial score (nSPS) is 22.2. The number of carbonyl (C=O) groups is 2. The van der Waals surface area contributed by atoms with E-state index in [-0.39, 0.29) is 30.7 Å². The van der Waals surface area contributed by atoms with Gasteiger partial charge >= 0.3 is 0 Å². The molecule has 1 aromatic heterocycles. The van der Waals surface area contributed by atoms with Crippen molar-refractivity contribution in [2.75, 3.05) is 18.9 Å². The van der Waals surface area contributed by atoms with Gasteiger partial charge in [0.05, 0.1) is 38.8 Å². The minimum atomic E-state index is -1.16. The molecule has 38 heavy (non-hydrogen) atoms. The van der Waals surface area contributed by atoms with Crippen LogP contribution in [0.2, 0.25) is 10.0 Å². The molecule has 0 saturated carbocycles. The van der Waals surface area contributed by atoms with Crippen molar-refractivity contribution in [3.63, 3.8) is 0 Å². The molecule has 2 aromatic carbocycles. The number of nitrogens with one attached hydrogen (secondary N) is 2. The first-order valence-corrected chi connectivity index (χ1v) is 13.3. The predicted octanol–water partition coefficient (Wildman–Crippen LogP) is 4.83. The van der Waals surface area contributed by atoms with Crippen molar-refractivity contribution in [2.24, 2.45) is 5.92 Å². The number of likely N-dealkylation sites (N-methyl/N-ethyl adjacent to an activating group) is 1. The fourth-order valence-corrected chi connectivity index (χ4v) is 6.13. The van der Waals surface area contributed by atoms with Crippen molar-refractivity contribution in [1.82, 2.24) is 14.8 Å². The second-order valence-corrected chi connectivity index (χ2v) is 11.4. The van der Waals surface area contributed by atoms with Crippen molar-refractivity contribution in [2.45, 2.75) is 50.4 Å². The zero-order chi connectivity index (χ0) is 27.4. The Hall–Kier alpha value is -3.09. The van der Waals surface area contributed by atoms with E-state index in [9.17, 15) is 20.0 Å². The zero-order valence-electron chi connectivity index (χ0n) is 21.3. The van der Waals surface area contributed by atoms with E-state index in [1.165, 1.54) is 4.90 Å². The molecule has 0 radical (unpaired) electrons. The molecule has 4 atom stereocenters. The molecule has 8 nitrogen and oxygen atoms in total. The summed E-state index contributed by atoms with van der Waals surface area (Å²) in [6, 6.07) is 13.4. The van der Waals surface area contributed by atoms with Crippen LogP contribution in [0.3, 0.4) is 0 Å². The number of nitriles is 1. The molecule has 3 N–H and O–H groups in total. The summed E-state index contributed by atoms with van der Waals surface area (Å²) in [5.41, 5.74) is 1.62. The molecular weight excluding hydrogens is 525 g/mol. The minimum Gasteiger partial charge on any atom is -0.373 e. The summed E-state index contributed by atoms with van der Waals surface area (Å²) in [4.78, 5) is 33.5. The molecule has 2 amide bonds. The van der Waals surface area contributed by atoms with E-state index in [0.29, 0.717) is 33.4 Å². The highest BCUT2D eigenvalue weighted by atomic mass is 35.5. The van der Waals surface area contributed by atoms with Gasteiger partial charge in [-0.3, -0.25) is 14.5 Å². The first-order valence-electron chi connectivity index (χ1n) is 12.5. The molecule has 1 spiro atoms. The van der Waals surface area contributed by atoms with Crippen molar-refractivity contribution in [3.8, 4) is 6.07 Å². The SMILES string of the molecule is CC(C)C[C@@H](C(=O)N1C[C@]2(C[C@H]1C#N)C(=O)Nc1ccccc12)N(C)C(O)c1cc2ccc(Cl)c(Cl)c2[nH]1. The van der Waals surface area contributed by atoms with Crippen LogP contribution in [-0.4, -0.2) is 57.4 Å². The van der Waals surface area contributed by atoms with Crippen LogP contribution in [0.1, 0.15) is 44.2 Å². The number of fused-ring (bicyclic) bond motifs is 3. The van der Waals surface area contributed by atoms with Gasteiger partial charge in [-0.05, 0) is 43.1 Å². The molecule has 0 aliphatic carbocycles. The lowest BCUT2D eigenvalue weighted by Gasteiger charge is -2.35. The first-order chi connectivity index (χ1) is 18.1. The van der Waals surface area contributed by atoms with Crippen molar-refractivity contribution >= 4 is 51.6 Å². The number of hydrogen-bond acceptors (Lipinski definition) is 5. The van der Waals surface area contributed by atoms with Crippen LogP contribution < -0.4 is 5.32 Å².